The van der Waals surface area contributed by atoms with Gasteiger partial charge in [0.2, 0.25) is 0 Å². The van der Waals surface area contributed by atoms with E-state index in [0.717, 1.165) is 25.9 Å². The molecule has 1 rings (SSSR count). The van der Waals surface area contributed by atoms with Crippen molar-refractivity contribution in [1.29, 1.82) is 0 Å². The molecule has 3 nitrogen and oxygen atoms in total. The van der Waals surface area contributed by atoms with Gasteiger partial charge in [-0.1, -0.05) is 6.92 Å². The van der Waals surface area contributed by atoms with E-state index >= 15 is 0 Å². The largest absolute Gasteiger partial charge is 0.392 e. The Bertz CT molecular complexity index is 152. The highest BCUT2D eigenvalue weighted by Gasteiger charge is 2.25. The summed E-state index contributed by atoms with van der Waals surface area (Å²) in [5, 5.41) is 9.53. The molecule has 0 aliphatic carbocycles. The molecular formula is C10H22N2O. The first-order chi connectivity index (χ1) is 6.15. The summed E-state index contributed by atoms with van der Waals surface area (Å²) in [6.45, 7) is 6.04. The number of aliphatic hydroxyl groups excluding tert-OH is 1. The van der Waals surface area contributed by atoms with Crippen LogP contribution in [0, 0.1) is 0 Å². The van der Waals surface area contributed by atoms with Crippen LogP contribution in [0.4, 0.5) is 0 Å². The third-order valence-corrected chi connectivity index (χ3v) is 3.09. The molecule has 0 aromatic carbocycles. The van der Waals surface area contributed by atoms with Crippen LogP contribution in [0.3, 0.4) is 0 Å². The third-order valence-electron chi connectivity index (χ3n) is 3.09. The number of hydrogen-bond donors (Lipinski definition) is 2. The third kappa shape index (κ3) is 2.93. The van der Waals surface area contributed by atoms with Crippen LogP contribution in [-0.4, -0.2) is 41.3 Å². The van der Waals surface area contributed by atoms with Crippen molar-refractivity contribution < 1.29 is 5.11 Å². The lowest BCUT2D eigenvalue weighted by molar-refractivity contribution is 0.0634. The number of piperidine rings is 1. The molecule has 1 saturated heterocycles. The smallest absolute Gasteiger partial charge is 0.0664 e. The molecule has 3 heteroatoms. The van der Waals surface area contributed by atoms with Gasteiger partial charge in [-0.3, -0.25) is 4.90 Å². The molecular weight excluding hydrogens is 164 g/mol. The minimum Gasteiger partial charge on any atom is -0.392 e. The summed E-state index contributed by atoms with van der Waals surface area (Å²) < 4.78 is 0. The van der Waals surface area contributed by atoms with Gasteiger partial charge >= 0.3 is 0 Å². The van der Waals surface area contributed by atoms with E-state index in [9.17, 15) is 5.11 Å². The van der Waals surface area contributed by atoms with E-state index in [2.05, 4.69) is 11.8 Å². The second-order valence-corrected chi connectivity index (χ2v) is 4.10. The summed E-state index contributed by atoms with van der Waals surface area (Å²) in [6.07, 6.45) is 2.94. The zero-order chi connectivity index (χ0) is 9.84. The van der Waals surface area contributed by atoms with E-state index in [1.54, 1.807) is 0 Å². The summed E-state index contributed by atoms with van der Waals surface area (Å²) in [5.41, 5.74) is 5.96. The summed E-state index contributed by atoms with van der Waals surface area (Å²) in [5.74, 6) is 0. The van der Waals surface area contributed by atoms with E-state index in [4.69, 9.17) is 5.73 Å². The quantitative estimate of drug-likeness (QED) is 0.677. The van der Waals surface area contributed by atoms with Gasteiger partial charge < -0.3 is 10.8 Å². The second kappa shape index (κ2) is 4.94. The number of nitrogens with two attached hydrogens (primary N) is 1. The van der Waals surface area contributed by atoms with E-state index in [1.165, 1.54) is 6.42 Å². The Morgan fingerprint density at radius 1 is 1.62 bits per heavy atom. The fourth-order valence-corrected chi connectivity index (χ4v) is 1.90. The summed E-state index contributed by atoms with van der Waals surface area (Å²) >= 11 is 0. The highest BCUT2D eigenvalue weighted by atomic mass is 16.3. The fraction of sp³-hybridized carbons (Fsp3) is 1.00. The highest BCUT2D eigenvalue weighted by molar-refractivity contribution is 4.84. The minimum absolute atomic E-state index is 0.187. The minimum atomic E-state index is -0.187. The fourth-order valence-electron chi connectivity index (χ4n) is 1.90. The molecule has 1 aliphatic rings. The summed E-state index contributed by atoms with van der Waals surface area (Å²) in [6, 6.07) is 0.716. The van der Waals surface area contributed by atoms with Gasteiger partial charge in [0, 0.05) is 18.6 Å². The predicted octanol–water partition coefficient (Wildman–Crippen LogP) is 0.569. The standard InChI is InChI=1S/C10H22N2O/c1-3-9(13)7-12-6-4-5-10(11)8(12)2/h8-10,13H,3-7,11H2,1-2H3. The highest BCUT2D eigenvalue weighted by Crippen LogP contribution is 2.16. The molecule has 0 radical (unpaired) electrons. The van der Waals surface area contributed by atoms with Crippen molar-refractivity contribution in [2.45, 2.75) is 51.3 Å². The van der Waals surface area contributed by atoms with Crippen LogP contribution in [0.25, 0.3) is 0 Å². The van der Waals surface area contributed by atoms with Gasteiger partial charge in [0.1, 0.15) is 0 Å². The van der Waals surface area contributed by atoms with Gasteiger partial charge in [0.15, 0.2) is 0 Å². The van der Waals surface area contributed by atoms with Crippen LogP contribution in [0.15, 0.2) is 0 Å². The van der Waals surface area contributed by atoms with Crippen LogP contribution in [0.2, 0.25) is 0 Å². The second-order valence-electron chi connectivity index (χ2n) is 4.10. The van der Waals surface area contributed by atoms with Crippen LogP contribution >= 0.6 is 0 Å². The SMILES string of the molecule is CCC(O)CN1CCCC(N)C1C. The first kappa shape index (κ1) is 11.0. The number of likely N-dealkylation sites (tertiary alicyclic amines) is 1. The zero-order valence-electron chi connectivity index (χ0n) is 8.74. The maximum atomic E-state index is 9.53. The Labute approximate surface area is 80.9 Å². The lowest BCUT2D eigenvalue weighted by Crippen LogP contribution is -2.52. The Kier molecular flexibility index (Phi) is 4.16. The van der Waals surface area contributed by atoms with E-state index in [1.807, 2.05) is 6.92 Å². The molecule has 0 bridgehead atoms. The van der Waals surface area contributed by atoms with Crippen LogP contribution in [0.5, 0.6) is 0 Å². The molecule has 1 aliphatic heterocycles. The first-order valence-corrected chi connectivity index (χ1v) is 5.32. The molecule has 3 atom stereocenters. The van der Waals surface area contributed by atoms with E-state index in [-0.39, 0.29) is 12.1 Å². The van der Waals surface area contributed by atoms with Crippen molar-refractivity contribution in [1.82, 2.24) is 4.90 Å². The molecule has 0 amide bonds. The van der Waals surface area contributed by atoms with Gasteiger partial charge in [0.05, 0.1) is 6.10 Å². The summed E-state index contributed by atoms with van der Waals surface area (Å²) in [7, 11) is 0. The zero-order valence-corrected chi connectivity index (χ0v) is 8.74. The maximum absolute atomic E-state index is 9.53. The average Bonchev–Trinajstić information content (AvgIpc) is 2.13. The Balaban J connectivity index is 2.39. The van der Waals surface area contributed by atoms with Crippen molar-refractivity contribution in [3.05, 3.63) is 0 Å². The number of aliphatic hydroxyl groups is 1. The predicted molar refractivity (Wildman–Crippen MR) is 54.5 cm³/mol. The normalized spacial score (nSPS) is 33.2. The van der Waals surface area contributed by atoms with E-state index in [0.29, 0.717) is 6.04 Å². The Morgan fingerprint density at radius 3 is 2.92 bits per heavy atom. The average molecular weight is 186 g/mol. The molecule has 0 aromatic heterocycles. The lowest BCUT2D eigenvalue weighted by Gasteiger charge is -2.38. The van der Waals surface area contributed by atoms with Gasteiger partial charge in [-0.25, -0.2) is 0 Å². The van der Waals surface area contributed by atoms with Crippen molar-refractivity contribution in [2.24, 2.45) is 5.73 Å². The molecule has 13 heavy (non-hydrogen) atoms. The van der Waals surface area contributed by atoms with Crippen LogP contribution in [0.1, 0.15) is 33.1 Å². The number of β-amino-alcohol motifs (C(OH)–C–C–N with tert-alkyl or cyclic N) is 1. The van der Waals surface area contributed by atoms with Crippen molar-refractivity contribution in [2.75, 3.05) is 13.1 Å². The van der Waals surface area contributed by atoms with Gasteiger partial charge in [0.25, 0.3) is 0 Å². The molecule has 3 N–H and O–H groups in total. The molecule has 1 heterocycles. The van der Waals surface area contributed by atoms with Crippen LogP contribution in [-0.2, 0) is 0 Å². The molecule has 3 unspecified atom stereocenters. The molecule has 78 valence electrons. The Hall–Kier alpha value is -0.120. The molecule has 0 aromatic rings. The molecule has 1 fully saturated rings. The summed E-state index contributed by atoms with van der Waals surface area (Å²) in [4.78, 5) is 2.31. The van der Waals surface area contributed by atoms with Gasteiger partial charge in [-0.15, -0.1) is 0 Å². The number of nitrogens with zero attached hydrogens (tertiary/aromatic N) is 1. The van der Waals surface area contributed by atoms with E-state index < -0.39 is 0 Å². The molecule has 0 saturated carbocycles. The van der Waals surface area contributed by atoms with Crippen LogP contribution < -0.4 is 5.73 Å². The Morgan fingerprint density at radius 2 is 2.31 bits per heavy atom. The first-order valence-electron chi connectivity index (χ1n) is 5.32. The molecule has 0 spiro atoms. The van der Waals surface area contributed by atoms with Crippen molar-refractivity contribution in [3.63, 3.8) is 0 Å². The number of rotatable bonds is 3. The maximum Gasteiger partial charge on any atom is 0.0664 e. The number of hydrogen-bond acceptors (Lipinski definition) is 3. The van der Waals surface area contributed by atoms with Crippen molar-refractivity contribution in [3.8, 4) is 0 Å². The van der Waals surface area contributed by atoms with Crippen molar-refractivity contribution >= 4 is 0 Å². The van der Waals surface area contributed by atoms with Gasteiger partial charge in [-0.05, 0) is 32.7 Å². The lowest BCUT2D eigenvalue weighted by atomic mass is 9.98. The topological polar surface area (TPSA) is 49.5 Å². The van der Waals surface area contributed by atoms with Gasteiger partial charge in [-0.2, -0.15) is 0 Å². The monoisotopic (exact) mass is 186 g/mol.